The van der Waals surface area contributed by atoms with Crippen molar-refractivity contribution >= 4 is 40.4 Å². The third kappa shape index (κ3) is 7.36. The van der Waals surface area contributed by atoms with E-state index in [1.807, 2.05) is 12.2 Å². The zero-order chi connectivity index (χ0) is 30.4. The second-order valence-corrected chi connectivity index (χ2v) is 10.2. The number of benzene rings is 1. The number of carbonyl (C=O) groups excluding carboxylic acids is 2. The Hall–Kier alpha value is -4.78. The molecule has 13 heteroatoms. The van der Waals surface area contributed by atoms with Crippen LogP contribution in [0.25, 0.3) is 28.2 Å². The number of anilines is 2. The molecule has 1 aromatic carbocycles. The highest BCUT2D eigenvalue weighted by Crippen LogP contribution is 2.32. The zero-order valence-electron chi connectivity index (χ0n) is 23.1. The number of nitrogens with two attached hydrogens (primary N) is 1. The first-order chi connectivity index (χ1) is 20.7. The van der Waals surface area contributed by atoms with E-state index in [-0.39, 0.29) is 23.1 Å². The van der Waals surface area contributed by atoms with Crippen LogP contribution in [0.5, 0.6) is 0 Å². The van der Waals surface area contributed by atoms with Gasteiger partial charge in [-0.15, -0.1) is 0 Å². The number of pyridine rings is 2. The molecule has 1 saturated carbocycles. The van der Waals surface area contributed by atoms with Gasteiger partial charge in [0, 0.05) is 41.5 Å². The Morgan fingerprint density at radius 2 is 1.88 bits per heavy atom. The van der Waals surface area contributed by atoms with Gasteiger partial charge in [-0.1, -0.05) is 37.1 Å². The molecule has 3 heterocycles. The molecule has 5 rings (SSSR count). The maximum Gasteiger partial charge on any atom is 0.416 e. The summed E-state index contributed by atoms with van der Waals surface area (Å²) < 4.78 is 44.5. The van der Waals surface area contributed by atoms with E-state index in [9.17, 15) is 22.8 Å². The first-order valence-corrected chi connectivity index (χ1v) is 13.8. The van der Waals surface area contributed by atoms with Crippen molar-refractivity contribution in [2.45, 2.75) is 44.3 Å². The van der Waals surface area contributed by atoms with E-state index in [1.54, 1.807) is 18.3 Å². The number of fused-ring (bicyclic) bond motifs is 1. The van der Waals surface area contributed by atoms with Crippen molar-refractivity contribution in [1.82, 2.24) is 25.5 Å². The highest BCUT2D eigenvalue weighted by atomic mass is 19.4. The molecule has 4 aromatic rings. The Balaban J connectivity index is 1.21. The lowest BCUT2D eigenvalue weighted by Crippen LogP contribution is -2.33. The second kappa shape index (κ2) is 13.0. The topological polar surface area (TPSA) is 148 Å². The number of hydrogen-bond acceptors (Lipinski definition) is 7. The average molecular weight is 594 g/mol. The number of carbonyl (C=O) groups is 2. The van der Waals surface area contributed by atoms with E-state index in [0.717, 1.165) is 44.0 Å². The molecular weight excluding hydrogens is 563 g/mol. The lowest BCUT2D eigenvalue weighted by Gasteiger charge is -2.11. The van der Waals surface area contributed by atoms with Gasteiger partial charge < -0.3 is 21.1 Å². The van der Waals surface area contributed by atoms with Crippen molar-refractivity contribution in [3.63, 3.8) is 0 Å². The third-order valence-corrected chi connectivity index (χ3v) is 7.11. The van der Waals surface area contributed by atoms with E-state index in [2.05, 4.69) is 30.8 Å². The van der Waals surface area contributed by atoms with Crippen molar-refractivity contribution < 1.29 is 27.5 Å². The lowest BCUT2D eigenvalue weighted by atomic mass is 10.0. The van der Waals surface area contributed by atoms with Gasteiger partial charge >= 0.3 is 6.18 Å². The van der Waals surface area contributed by atoms with E-state index >= 15 is 0 Å². The lowest BCUT2D eigenvalue weighted by molar-refractivity contribution is -0.137. The largest absolute Gasteiger partial charge is 0.416 e. The van der Waals surface area contributed by atoms with Gasteiger partial charge in [-0.2, -0.15) is 18.3 Å². The number of aromatic nitrogens is 4. The van der Waals surface area contributed by atoms with Gasteiger partial charge in [-0.25, -0.2) is 9.97 Å². The fourth-order valence-corrected chi connectivity index (χ4v) is 4.91. The molecule has 2 amide bonds. The number of ether oxygens (including phenoxy) is 1. The van der Waals surface area contributed by atoms with Crippen LogP contribution in [0.1, 0.15) is 53.6 Å². The number of nitrogens with zero attached hydrogens (tertiary/aromatic N) is 3. The summed E-state index contributed by atoms with van der Waals surface area (Å²) in [6.45, 7) is 0.620. The maximum absolute atomic E-state index is 13.0. The molecule has 5 N–H and O–H groups in total. The standard InChI is InChI=1S/C30H30F3N7O3/c31-30(32,33)21-11-13-35-23(16-21)38-29(42)19-9-7-18(8-10-19)26-25-27(40-39-26)20(17-36-28(25)34)4-3-14-43-15-12-24(41)37-22-5-1-2-6-22/h3-4,7-11,13,16-17,22H,1-2,5-6,12,14-15H2,(H2,34,36)(H,37,41)(H,39,40)(H,35,38,42)/b4-3+. The number of alkyl halides is 3. The van der Waals surface area contributed by atoms with E-state index in [1.165, 1.54) is 12.1 Å². The van der Waals surface area contributed by atoms with Crippen molar-refractivity contribution in [3.8, 4) is 11.3 Å². The van der Waals surface area contributed by atoms with Crippen LogP contribution in [0.3, 0.4) is 0 Å². The molecule has 1 aliphatic rings. The Morgan fingerprint density at radius 3 is 2.63 bits per heavy atom. The van der Waals surface area contributed by atoms with Gasteiger partial charge in [-0.05, 0) is 37.1 Å². The van der Waals surface area contributed by atoms with Gasteiger partial charge in [0.15, 0.2) is 0 Å². The van der Waals surface area contributed by atoms with E-state index < -0.39 is 17.6 Å². The molecule has 224 valence electrons. The summed E-state index contributed by atoms with van der Waals surface area (Å²) >= 11 is 0. The number of nitrogens with one attached hydrogen (secondary N) is 3. The van der Waals surface area contributed by atoms with Gasteiger partial charge in [0.2, 0.25) is 5.91 Å². The smallest absolute Gasteiger partial charge is 0.383 e. The van der Waals surface area contributed by atoms with E-state index in [4.69, 9.17) is 10.5 Å². The molecule has 0 atom stereocenters. The van der Waals surface area contributed by atoms with Crippen LogP contribution in [0, 0.1) is 0 Å². The van der Waals surface area contributed by atoms with Crippen LogP contribution in [-0.2, 0) is 15.7 Å². The molecule has 3 aromatic heterocycles. The van der Waals surface area contributed by atoms with Crippen LogP contribution < -0.4 is 16.4 Å². The molecule has 10 nitrogen and oxygen atoms in total. The Kier molecular flexibility index (Phi) is 9.00. The Labute approximate surface area is 244 Å². The predicted molar refractivity (Wildman–Crippen MR) is 156 cm³/mol. The summed E-state index contributed by atoms with van der Waals surface area (Å²) in [5, 5.41) is 13.4. The predicted octanol–water partition coefficient (Wildman–Crippen LogP) is 5.35. The Bertz CT molecular complexity index is 1630. The number of halogens is 3. The van der Waals surface area contributed by atoms with Gasteiger partial charge in [0.25, 0.3) is 5.91 Å². The highest BCUT2D eigenvalue weighted by Gasteiger charge is 2.31. The fraction of sp³-hybridized carbons (Fsp3) is 0.300. The van der Waals surface area contributed by atoms with Crippen LogP contribution in [0.2, 0.25) is 0 Å². The molecule has 0 saturated heterocycles. The van der Waals surface area contributed by atoms with E-state index in [0.29, 0.717) is 53.4 Å². The van der Waals surface area contributed by atoms with Crippen LogP contribution in [0.15, 0.2) is 54.9 Å². The number of aromatic amines is 1. The Morgan fingerprint density at radius 1 is 1.12 bits per heavy atom. The first kappa shape index (κ1) is 29.7. The minimum Gasteiger partial charge on any atom is -0.383 e. The summed E-state index contributed by atoms with van der Waals surface area (Å²) in [5.74, 6) is -0.556. The first-order valence-electron chi connectivity index (χ1n) is 13.8. The number of nitrogen functional groups attached to an aromatic ring is 1. The molecule has 0 aliphatic heterocycles. The third-order valence-electron chi connectivity index (χ3n) is 7.11. The molecule has 1 fully saturated rings. The average Bonchev–Trinajstić information content (AvgIpc) is 3.67. The summed E-state index contributed by atoms with van der Waals surface area (Å²) in [6, 6.07) is 8.29. The minimum absolute atomic E-state index is 0.00534. The molecule has 43 heavy (non-hydrogen) atoms. The number of hydrogen-bond donors (Lipinski definition) is 4. The normalized spacial score (nSPS) is 14.0. The quantitative estimate of drug-likeness (QED) is 0.181. The maximum atomic E-state index is 13.0. The summed E-state index contributed by atoms with van der Waals surface area (Å²) in [5.41, 5.74) is 8.05. The molecule has 1 aliphatic carbocycles. The van der Waals surface area contributed by atoms with Crippen molar-refractivity contribution in [2.24, 2.45) is 0 Å². The fourth-order valence-electron chi connectivity index (χ4n) is 4.91. The van der Waals surface area contributed by atoms with Gasteiger partial charge in [0.05, 0.1) is 29.9 Å². The molecule has 0 radical (unpaired) electrons. The minimum atomic E-state index is -4.55. The number of H-pyrrole nitrogens is 1. The zero-order valence-corrected chi connectivity index (χ0v) is 23.1. The van der Waals surface area contributed by atoms with Crippen molar-refractivity contribution in [1.29, 1.82) is 0 Å². The monoisotopic (exact) mass is 593 g/mol. The summed E-state index contributed by atoms with van der Waals surface area (Å²) in [7, 11) is 0. The molecule has 0 bridgehead atoms. The SMILES string of the molecule is Nc1ncc(/C=C/COCCC(=O)NC2CCCC2)c2n[nH]c(-c3ccc(C(=O)Nc4cc(C(F)(F)F)ccn4)cc3)c12. The summed E-state index contributed by atoms with van der Waals surface area (Å²) in [6.07, 6.45) is 6.37. The number of rotatable bonds is 10. The number of amides is 2. The van der Waals surface area contributed by atoms with Crippen molar-refractivity contribution in [3.05, 3.63) is 71.6 Å². The molecule has 0 unspecified atom stereocenters. The highest BCUT2D eigenvalue weighted by molar-refractivity contribution is 6.05. The molecular formula is C30H30F3N7O3. The van der Waals surface area contributed by atoms with Gasteiger partial charge in [-0.3, -0.25) is 14.7 Å². The van der Waals surface area contributed by atoms with Crippen LogP contribution in [0.4, 0.5) is 24.8 Å². The van der Waals surface area contributed by atoms with Crippen LogP contribution in [-0.4, -0.2) is 51.2 Å². The second-order valence-electron chi connectivity index (χ2n) is 10.2. The molecule has 0 spiro atoms. The summed E-state index contributed by atoms with van der Waals surface area (Å²) in [4.78, 5) is 32.7. The van der Waals surface area contributed by atoms with Crippen LogP contribution >= 0.6 is 0 Å². The van der Waals surface area contributed by atoms with Crippen molar-refractivity contribution in [2.75, 3.05) is 24.3 Å². The van der Waals surface area contributed by atoms with Gasteiger partial charge in [0.1, 0.15) is 17.2 Å².